The topological polar surface area (TPSA) is 52.3 Å². The molecule has 0 spiro atoms. The van der Waals surface area contributed by atoms with Gasteiger partial charge in [-0.3, -0.25) is 0 Å². The fourth-order valence-corrected chi connectivity index (χ4v) is 2.74. The molecule has 2 aromatic carbocycles. The standard InChI is InChI=1S/C15H14FNO2S/c1-19-15(18)14-10(5-4-7-12(14)17)9-20-13-8-3-2-6-11(13)16/h2-8H,9,17H2,1H3. The van der Waals surface area contributed by atoms with Crippen molar-refractivity contribution < 1.29 is 13.9 Å². The number of hydrogen-bond acceptors (Lipinski definition) is 4. The second-order valence-corrected chi connectivity index (χ2v) is 5.11. The van der Waals surface area contributed by atoms with Crippen molar-refractivity contribution in [3.63, 3.8) is 0 Å². The first-order valence-electron chi connectivity index (χ1n) is 5.96. The lowest BCUT2D eigenvalue weighted by atomic mass is 10.1. The number of methoxy groups -OCH3 is 1. The Morgan fingerprint density at radius 3 is 2.70 bits per heavy atom. The largest absolute Gasteiger partial charge is 0.465 e. The molecule has 3 nitrogen and oxygen atoms in total. The van der Waals surface area contributed by atoms with Crippen LogP contribution in [0.25, 0.3) is 0 Å². The van der Waals surface area contributed by atoms with E-state index < -0.39 is 5.97 Å². The van der Waals surface area contributed by atoms with Gasteiger partial charge in [0.25, 0.3) is 0 Å². The summed E-state index contributed by atoms with van der Waals surface area (Å²) < 4.78 is 18.3. The summed E-state index contributed by atoms with van der Waals surface area (Å²) in [7, 11) is 1.31. The number of nitrogen functional groups attached to an aromatic ring is 1. The number of anilines is 1. The van der Waals surface area contributed by atoms with Crippen LogP contribution in [-0.2, 0) is 10.5 Å². The molecule has 0 unspecified atom stereocenters. The molecule has 0 aromatic heterocycles. The SMILES string of the molecule is COC(=O)c1c(N)cccc1CSc1ccccc1F. The molecule has 5 heteroatoms. The van der Waals surface area contributed by atoms with Crippen LogP contribution in [0.1, 0.15) is 15.9 Å². The van der Waals surface area contributed by atoms with Crippen LogP contribution in [0, 0.1) is 5.82 Å². The van der Waals surface area contributed by atoms with Crippen LogP contribution >= 0.6 is 11.8 Å². The molecule has 104 valence electrons. The maximum absolute atomic E-state index is 13.6. The van der Waals surface area contributed by atoms with Crippen molar-refractivity contribution in [2.45, 2.75) is 10.6 Å². The third-order valence-electron chi connectivity index (χ3n) is 2.79. The summed E-state index contributed by atoms with van der Waals surface area (Å²) in [6.45, 7) is 0. The van der Waals surface area contributed by atoms with E-state index in [0.29, 0.717) is 21.9 Å². The highest BCUT2D eigenvalue weighted by atomic mass is 32.2. The van der Waals surface area contributed by atoms with Crippen LogP contribution in [0.15, 0.2) is 47.4 Å². The highest BCUT2D eigenvalue weighted by Crippen LogP contribution is 2.28. The normalized spacial score (nSPS) is 10.3. The zero-order chi connectivity index (χ0) is 14.5. The van der Waals surface area contributed by atoms with Crippen molar-refractivity contribution in [1.82, 2.24) is 0 Å². The number of benzene rings is 2. The first kappa shape index (κ1) is 14.4. The molecule has 0 atom stereocenters. The fraction of sp³-hybridized carbons (Fsp3) is 0.133. The minimum atomic E-state index is -0.479. The van der Waals surface area contributed by atoms with Crippen LogP contribution in [0.5, 0.6) is 0 Å². The Morgan fingerprint density at radius 1 is 1.25 bits per heavy atom. The molecule has 0 heterocycles. The number of rotatable bonds is 4. The number of halogens is 1. The quantitative estimate of drug-likeness (QED) is 0.532. The first-order chi connectivity index (χ1) is 9.63. The predicted molar refractivity (Wildman–Crippen MR) is 78.2 cm³/mol. The molecular formula is C15H14FNO2S. The number of thioether (sulfide) groups is 1. The zero-order valence-corrected chi connectivity index (χ0v) is 11.7. The van der Waals surface area contributed by atoms with Crippen LogP contribution in [-0.4, -0.2) is 13.1 Å². The lowest BCUT2D eigenvalue weighted by Crippen LogP contribution is -2.09. The molecule has 0 aliphatic heterocycles. The Balaban J connectivity index is 2.24. The van der Waals surface area contributed by atoms with Crippen molar-refractivity contribution >= 4 is 23.4 Å². The minimum Gasteiger partial charge on any atom is -0.465 e. The van der Waals surface area contributed by atoms with Gasteiger partial charge in [-0.15, -0.1) is 11.8 Å². The monoisotopic (exact) mass is 291 g/mol. The smallest absolute Gasteiger partial charge is 0.340 e. The van der Waals surface area contributed by atoms with E-state index >= 15 is 0 Å². The van der Waals surface area contributed by atoms with Gasteiger partial charge in [0.05, 0.1) is 12.7 Å². The molecule has 0 saturated carbocycles. The Hall–Kier alpha value is -2.01. The number of nitrogens with two attached hydrogens (primary N) is 1. The summed E-state index contributed by atoms with van der Waals surface area (Å²) in [5, 5.41) is 0. The van der Waals surface area contributed by atoms with Gasteiger partial charge in [-0.05, 0) is 23.8 Å². The van der Waals surface area contributed by atoms with Crippen LogP contribution in [0.4, 0.5) is 10.1 Å². The molecular weight excluding hydrogens is 277 g/mol. The molecule has 0 saturated heterocycles. The van der Waals surface area contributed by atoms with Gasteiger partial charge in [0.2, 0.25) is 0 Å². The van der Waals surface area contributed by atoms with E-state index in [1.165, 1.54) is 24.9 Å². The maximum atomic E-state index is 13.6. The van der Waals surface area contributed by atoms with Crippen molar-refractivity contribution in [2.75, 3.05) is 12.8 Å². The van der Waals surface area contributed by atoms with Gasteiger partial charge in [0.1, 0.15) is 5.82 Å². The van der Waals surface area contributed by atoms with Gasteiger partial charge >= 0.3 is 5.97 Å². The molecule has 0 aliphatic rings. The van der Waals surface area contributed by atoms with Gasteiger partial charge in [-0.1, -0.05) is 24.3 Å². The Kier molecular flexibility index (Phi) is 4.63. The van der Waals surface area contributed by atoms with E-state index in [2.05, 4.69) is 0 Å². The number of ether oxygens (including phenoxy) is 1. The summed E-state index contributed by atoms with van der Waals surface area (Å²) in [6.07, 6.45) is 0. The molecule has 2 N–H and O–H groups in total. The summed E-state index contributed by atoms with van der Waals surface area (Å²) >= 11 is 1.31. The lowest BCUT2D eigenvalue weighted by Gasteiger charge is -2.10. The van der Waals surface area contributed by atoms with E-state index in [4.69, 9.17) is 10.5 Å². The van der Waals surface area contributed by atoms with Gasteiger partial charge in [0.15, 0.2) is 0 Å². The Bertz CT molecular complexity index is 631. The highest BCUT2D eigenvalue weighted by Gasteiger charge is 2.15. The molecule has 0 fully saturated rings. The Morgan fingerprint density at radius 2 is 2.00 bits per heavy atom. The molecule has 2 rings (SSSR count). The molecule has 2 aromatic rings. The third-order valence-corrected chi connectivity index (χ3v) is 3.89. The van der Waals surface area contributed by atoms with Crippen LogP contribution in [0.2, 0.25) is 0 Å². The third kappa shape index (κ3) is 3.11. The number of carbonyl (C=O) groups is 1. The fourth-order valence-electron chi connectivity index (χ4n) is 1.81. The molecule has 0 radical (unpaired) electrons. The van der Waals surface area contributed by atoms with Crippen molar-refractivity contribution in [1.29, 1.82) is 0 Å². The number of hydrogen-bond donors (Lipinski definition) is 1. The van der Waals surface area contributed by atoms with E-state index in [1.807, 2.05) is 0 Å². The summed E-state index contributed by atoms with van der Waals surface area (Å²) in [6, 6.07) is 11.7. The lowest BCUT2D eigenvalue weighted by molar-refractivity contribution is 0.0601. The summed E-state index contributed by atoms with van der Waals surface area (Å²) in [5.41, 5.74) is 7.25. The maximum Gasteiger partial charge on any atom is 0.340 e. The minimum absolute atomic E-state index is 0.277. The second kappa shape index (κ2) is 6.43. The first-order valence-corrected chi connectivity index (χ1v) is 6.95. The van der Waals surface area contributed by atoms with Crippen molar-refractivity contribution in [3.05, 3.63) is 59.4 Å². The molecule has 0 bridgehead atoms. The zero-order valence-electron chi connectivity index (χ0n) is 10.9. The van der Waals surface area contributed by atoms with Crippen LogP contribution in [0.3, 0.4) is 0 Å². The molecule has 0 amide bonds. The van der Waals surface area contributed by atoms with E-state index in [9.17, 15) is 9.18 Å². The summed E-state index contributed by atoms with van der Waals surface area (Å²) in [4.78, 5) is 12.3. The van der Waals surface area contributed by atoms with Crippen LogP contribution < -0.4 is 5.73 Å². The Labute approximate surface area is 120 Å². The van der Waals surface area contributed by atoms with Gasteiger partial charge in [0, 0.05) is 16.3 Å². The average Bonchev–Trinajstić information content (AvgIpc) is 2.46. The highest BCUT2D eigenvalue weighted by molar-refractivity contribution is 7.98. The van der Waals surface area contributed by atoms with Gasteiger partial charge in [-0.25, -0.2) is 9.18 Å². The van der Waals surface area contributed by atoms with Crippen molar-refractivity contribution in [2.24, 2.45) is 0 Å². The van der Waals surface area contributed by atoms with E-state index in [1.54, 1.807) is 36.4 Å². The van der Waals surface area contributed by atoms with E-state index in [0.717, 1.165) is 5.56 Å². The number of carbonyl (C=O) groups excluding carboxylic acids is 1. The van der Waals surface area contributed by atoms with Gasteiger partial charge in [-0.2, -0.15) is 0 Å². The second-order valence-electron chi connectivity index (χ2n) is 4.09. The number of esters is 1. The van der Waals surface area contributed by atoms with Crippen molar-refractivity contribution in [3.8, 4) is 0 Å². The van der Waals surface area contributed by atoms with E-state index in [-0.39, 0.29) is 5.82 Å². The average molecular weight is 291 g/mol. The molecule has 0 aliphatic carbocycles. The predicted octanol–water partition coefficient (Wildman–Crippen LogP) is 3.49. The summed E-state index contributed by atoms with van der Waals surface area (Å²) in [5.74, 6) is -0.315. The van der Waals surface area contributed by atoms with Gasteiger partial charge < -0.3 is 10.5 Å². The molecule has 20 heavy (non-hydrogen) atoms.